The van der Waals surface area contributed by atoms with E-state index in [1.165, 1.54) is 0 Å². The number of esters is 2. The predicted molar refractivity (Wildman–Crippen MR) is 172 cm³/mol. The lowest BCUT2D eigenvalue weighted by Gasteiger charge is -2.29. The lowest BCUT2D eigenvalue weighted by atomic mass is 10.1. The highest BCUT2D eigenvalue weighted by Gasteiger charge is 2.33. The lowest BCUT2D eigenvalue weighted by Crippen LogP contribution is -2.62. The van der Waals surface area contributed by atoms with Crippen LogP contribution < -0.4 is 10.6 Å². The molecule has 1 heterocycles. The molecule has 1 aliphatic heterocycles. The van der Waals surface area contributed by atoms with Crippen LogP contribution >= 0.6 is 0 Å². The van der Waals surface area contributed by atoms with Crippen LogP contribution in [0.25, 0.3) is 0 Å². The second-order valence-electron chi connectivity index (χ2n) is 12.1. The van der Waals surface area contributed by atoms with Crippen molar-refractivity contribution in [1.29, 1.82) is 0 Å². The van der Waals surface area contributed by atoms with E-state index in [9.17, 15) is 39.6 Å². The minimum absolute atomic E-state index is 0.0431. The number of aliphatic hydroxyl groups is 4. The molecule has 0 radical (unpaired) electrons. The third kappa shape index (κ3) is 18.1. The average molecular weight is 661 g/mol. The van der Waals surface area contributed by atoms with Gasteiger partial charge in [0, 0.05) is 51.9 Å². The zero-order valence-electron chi connectivity index (χ0n) is 28.3. The third-order valence-corrected chi connectivity index (χ3v) is 8.08. The van der Waals surface area contributed by atoms with Crippen LogP contribution in [0.4, 0.5) is 0 Å². The molecule has 0 aliphatic carbocycles. The van der Waals surface area contributed by atoms with Crippen molar-refractivity contribution in [2.45, 2.75) is 128 Å². The first-order valence-electron chi connectivity index (χ1n) is 17.0. The van der Waals surface area contributed by atoms with Crippen molar-refractivity contribution >= 4 is 23.8 Å². The fourth-order valence-electron chi connectivity index (χ4n) is 4.92. The normalized spacial score (nSPS) is 19.3. The molecule has 6 unspecified atom stereocenters. The fourth-order valence-corrected chi connectivity index (χ4v) is 4.92. The molecule has 1 fully saturated rings. The minimum atomic E-state index is -0.846. The van der Waals surface area contributed by atoms with Gasteiger partial charge in [0.1, 0.15) is 12.1 Å². The summed E-state index contributed by atoms with van der Waals surface area (Å²) in [5.41, 5.74) is 0. The molecule has 6 atom stereocenters. The van der Waals surface area contributed by atoms with Gasteiger partial charge in [-0.3, -0.25) is 29.0 Å². The molecule has 0 saturated carbocycles. The van der Waals surface area contributed by atoms with Gasteiger partial charge in [-0.05, 0) is 51.6 Å². The number of carbonyl (C=O) groups is 4. The van der Waals surface area contributed by atoms with Crippen LogP contribution in [0.15, 0.2) is 0 Å². The van der Waals surface area contributed by atoms with Gasteiger partial charge >= 0.3 is 11.9 Å². The number of nitrogens with zero attached hydrogens (tertiary/aromatic N) is 2. The topological polar surface area (TPSA) is 198 Å². The van der Waals surface area contributed by atoms with Gasteiger partial charge in [0.2, 0.25) is 11.8 Å². The molecule has 1 aliphatic rings. The van der Waals surface area contributed by atoms with Gasteiger partial charge in [0.25, 0.3) is 0 Å². The first-order valence-corrected chi connectivity index (χ1v) is 17.0. The molecule has 0 aromatic rings. The van der Waals surface area contributed by atoms with Crippen LogP contribution in [0.5, 0.6) is 0 Å². The van der Waals surface area contributed by atoms with E-state index in [-0.39, 0.29) is 38.9 Å². The smallest absolute Gasteiger partial charge is 0.305 e. The van der Waals surface area contributed by atoms with E-state index in [4.69, 9.17) is 9.47 Å². The highest BCUT2D eigenvalue weighted by Crippen LogP contribution is 2.09. The number of hydrogen-bond donors (Lipinski definition) is 6. The summed E-state index contributed by atoms with van der Waals surface area (Å²) < 4.78 is 10.5. The largest absolute Gasteiger partial charge is 0.466 e. The highest BCUT2D eigenvalue weighted by molar-refractivity contribution is 5.96. The lowest BCUT2D eigenvalue weighted by molar-refractivity contribution is -0.147. The molecule has 0 aromatic carbocycles. The number of amides is 2. The Bertz CT molecular complexity index is 801. The molecule has 1 saturated heterocycles. The molecule has 46 heavy (non-hydrogen) atoms. The molecule has 14 nitrogen and oxygen atoms in total. The number of carbonyl (C=O) groups excluding carboxylic acids is 4. The van der Waals surface area contributed by atoms with Crippen LogP contribution in [0.1, 0.15) is 91.9 Å². The number of nitrogens with one attached hydrogen (secondary N) is 2. The molecular weight excluding hydrogens is 600 g/mol. The predicted octanol–water partition coefficient (Wildman–Crippen LogP) is 0.0842. The number of hydrogen-bond acceptors (Lipinski definition) is 12. The van der Waals surface area contributed by atoms with Crippen molar-refractivity contribution in [3.63, 3.8) is 0 Å². The Balaban J connectivity index is 2.32. The monoisotopic (exact) mass is 660 g/mol. The van der Waals surface area contributed by atoms with E-state index >= 15 is 0 Å². The molecule has 14 heteroatoms. The van der Waals surface area contributed by atoms with Crippen LogP contribution in [-0.4, -0.2) is 143 Å². The van der Waals surface area contributed by atoms with Crippen LogP contribution in [0.2, 0.25) is 0 Å². The summed E-state index contributed by atoms with van der Waals surface area (Å²) in [5.74, 6) is -1.68. The zero-order chi connectivity index (χ0) is 34.5. The van der Waals surface area contributed by atoms with Crippen LogP contribution in [-0.2, 0) is 28.7 Å². The van der Waals surface area contributed by atoms with Gasteiger partial charge < -0.3 is 40.5 Å². The molecule has 1 rings (SSSR count). The molecule has 6 N–H and O–H groups in total. The molecule has 268 valence electrons. The van der Waals surface area contributed by atoms with Gasteiger partial charge in [-0.1, -0.05) is 27.7 Å². The zero-order valence-corrected chi connectivity index (χ0v) is 28.3. The fraction of sp³-hybridized carbons (Fsp3) is 0.875. The van der Waals surface area contributed by atoms with E-state index in [1.807, 2.05) is 37.5 Å². The third-order valence-electron chi connectivity index (χ3n) is 8.08. The second-order valence-corrected chi connectivity index (χ2v) is 12.1. The van der Waals surface area contributed by atoms with Crippen molar-refractivity contribution < 1.29 is 49.1 Å². The van der Waals surface area contributed by atoms with E-state index < -0.39 is 60.3 Å². The quantitative estimate of drug-likeness (QED) is 0.0685. The minimum Gasteiger partial charge on any atom is -0.466 e. The van der Waals surface area contributed by atoms with Crippen molar-refractivity contribution in [2.75, 3.05) is 52.5 Å². The van der Waals surface area contributed by atoms with Crippen LogP contribution in [0, 0.1) is 0 Å². The number of piperazine rings is 1. The summed E-state index contributed by atoms with van der Waals surface area (Å²) in [7, 11) is 0. The number of aliphatic hydroxyl groups excluding tert-OH is 4. The van der Waals surface area contributed by atoms with Gasteiger partial charge in [-0.2, -0.15) is 0 Å². The average Bonchev–Trinajstić information content (AvgIpc) is 3.02. The Labute approximate surface area is 274 Å². The number of ether oxygens (including phenoxy) is 2. The summed E-state index contributed by atoms with van der Waals surface area (Å²) in [6, 6.07) is -1.69. The molecule has 0 aromatic heterocycles. The molecular formula is C32H60N4O10. The summed E-state index contributed by atoms with van der Waals surface area (Å²) in [4.78, 5) is 53.4. The SMILES string of the molecule is CCC(O)CN(CCCC(=O)OCCC1NC(=O)C(CCOC(=O)CCCN(CC(O)CC)CC(O)CC)NC1=O)CC(O)CC. The Morgan fingerprint density at radius 1 is 0.630 bits per heavy atom. The van der Waals surface area contributed by atoms with Crippen molar-refractivity contribution in [2.24, 2.45) is 0 Å². The maximum absolute atomic E-state index is 12.5. The summed E-state index contributed by atoms with van der Waals surface area (Å²) in [5, 5.41) is 45.2. The van der Waals surface area contributed by atoms with Crippen molar-refractivity contribution in [3.8, 4) is 0 Å². The number of rotatable bonds is 26. The first kappa shape index (κ1) is 41.7. The standard InChI is InChI=1S/C32H60N4O10/c1-5-23(37)19-35(20-24(38)6-2)15-9-11-29(41)45-17-13-27-31(43)34-28(32(44)33-27)14-18-46-30(42)12-10-16-36(21-25(39)7-3)22-26(40)8-4/h23-28,37-40H,5-22H2,1-4H3,(H,33,44)(H,34,43). The van der Waals surface area contributed by atoms with Crippen molar-refractivity contribution in [3.05, 3.63) is 0 Å². The van der Waals surface area contributed by atoms with E-state index in [0.717, 1.165) is 0 Å². The van der Waals surface area contributed by atoms with Gasteiger partial charge in [0.15, 0.2) is 0 Å². The summed E-state index contributed by atoms with van der Waals surface area (Å²) in [6.07, 6.45) is 1.86. The van der Waals surface area contributed by atoms with E-state index in [0.29, 0.717) is 77.8 Å². The molecule has 2 amide bonds. The maximum atomic E-state index is 12.5. The van der Waals surface area contributed by atoms with Gasteiger partial charge in [-0.25, -0.2) is 0 Å². The van der Waals surface area contributed by atoms with E-state index in [1.54, 1.807) is 0 Å². The Kier molecular flexibility index (Phi) is 21.6. The second kappa shape index (κ2) is 23.9. The Morgan fingerprint density at radius 3 is 1.22 bits per heavy atom. The summed E-state index contributed by atoms with van der Waals surface area (Å²) >= 11 is 0. The summed E-state index contributed by atoms with van der Waals surface area (Å²) in [6.45, 7) is 10.1. The van der Waals surface area contributed by atoms with E-state index in [2.05, 4.69) is 10.6 Å². The van der Waals surface area contributed by atoms with Gasteiger partial charge in [-0.15, -0.1) is 0 Å². The molecule has 0 bridgehead atoms. The first-order chi connectivity index (χ1) is 21.9. The Hall–Kier alpha value is -2.36. The van der Waals surface area contributed by atoms with Gasteiger partial charge in [0.05, 0.1) is 37.6 Å². The Morgan fingerprint density at radius 2 is 0.935 bits per heavy atom. The molecule has 0 spiro atoms. The van der Waals surface area contributed by atoms with Crippen LogP contribution in [0.3, 0.4) is 0 Å². The maximum Gasteiger partial charge on any atom is 0.305 e. The van der Waals surface area contributed by atoms with Crippen molar-refractivity contribution in [1.82, 2.24) is 20.4 Å². The highest BCUT2D eigenvalue weighted by atomic mass is 16.5.